The number of anilines is 2. The van der Waals surface area contributed by atoms with Gasteiger partial charge in [-0.1, -0.05) is 30.3 Å². The van der Waals surface area contributed by atoms with Gasteiger partial charge in [-0.15, -0.1) is 0 Å². The summed E-state index contributed by atoms with van der Waals surface area (Å²) in [7, 11) is 0. The second-order valence-electron chi connectivity index (χ2n) is 8.14. The van der Waals surface area contributed by atoms with Crippen LogP contribution in [0.4, 0.5) is 11.6 Å². The van der Waals surface area contributed by atoms with Crippen LogP contribution in [0.15, 0.2) is 47.1 Å². The van der Waals surface area contributed by atoms with E-state index in [2.05, 4.69) is 31.2 Å². The summed E-state index contributed by atoms with van der Waals surface area (Å²) in [6.07, 6.45) is 3.23. The maximum absolute atomic E-state index is 12.6. The Hall–Kier alpha value is -4.21. The van der Waals surface area contributed by atoms with Gasteiger partial charge < -0.3 is 25.7 Å². The number of Topliss-reactive ketones (excluding diaryl/α,β-unsaturated/α-hetero) is 1. The molecule has 0 atom stereocenters. The van der Waals surface area contributed by atoms with Gasteiger partial charge >= 0.3 is 0 Å². The van der Waals surface area contributed by atoms with Crippen molar-refractivity contribution in [2.24, 2.45) is 0 Å². The van der Waals surface area contributed by atoms with Gasteiger partial charge in [0, 0.05) is 57.6 Å². The summed E-state index contributed by atoms with van der Waals surface area (Å²) in [5.74, 6) is 1.87. The van der Waals surface area contributed by atoms with Crippen LogP contribution in [0, 0.1) is 0 Å². The van der Waals surface area contributed by atoms with Gasteiger partial charge in [0.2, 0.25) is 5.91 Å². The first-order chi connectivity index (χ1) is 17.0. The molecule has 182 valence electrons. The number of hydrogen-bond donors (Lipinski definition) is 4. The second-order valence-corrected chi connectivity index (χ2v) is 8.14. The van der Waals surface area contributed by atoms with Crippen molar-refractivity contribution in [3.8, 4) is 11.4 Å². The van der Waals surface area contributed by atoms with Crippen LogP contribution >= 0.6 is 0 Å². The first-order valence-electron chi connectivity index (χ1n) is 11.6. The van der Waals surface area contributed by atoms with Gasteiger partial charge in [-0.05, 0) is 6.42 Å². The molecule has 2 amide bonds. The number of nitrogens with zero attached hydrogens (tertiary/aromatic N) is 2. The number of aryl methyl sites for hydroxylation is 1. The highest BCUT2D eigenvalue weighted by molar-refractivity contribution is 6.09. The van der Waals surface area contributed by atoms with Gasteiger partial charge in [-0.2, -0.15) is 0 Å². The average molecular weight is 477 g/mol. The van der Waals surface area contributed by atoms with Crippen molar-refractivity contribution in [3.63, 3.8) is 0 Å². The van der Waals surface area contributed by atoms with E-state index in [1.54, 1.807) is 6.07 Å². The molecule has 10 nitrogen and oxygen atoms in total. The molecule has 2 aromatic heterocycles. The first-order valence-corrected chi connectivity index (χ1v) is 11.6. The molecular formula is C25H28N6O4. The number of carbonyl (C=O) groups is 3. The van der Waals surface area contributed by atoms with Crippen molar-refractivity contribution in [2.45, 2.75) is 26.2 Å². The molecule has 4 rings (SSSR count). The van der Waals surface area contributed by atoms with Crippen molar-refractivity contribution in [2.75, 3.05) is 36.8 Å². The smallest absolute Gasteiger partial charge is 0.255 e. The topological polar surface area (TPSA) is 138 Å². The molecule has 35 heavy (non-hydrogen) atoms. The average Bonchev–Trinajstić information content (AvgIpc) is 3.30. The van der Waals surface area contributed by atoms with Crippen LogP contribution < -0.4 is 21.3 Å². The highest BCUT2D eigenvalue weighted by Crippen LogP contribution is 2.26. The van der Waals surface area contributed by atoms with Gasteiger partial charge in [0.25, 0.3) is 5.91 Å². The minimum atomic E-state index is -0.333. The molecule has 4 N–H and O–H groups in total. The number of aromatic nitrogens is 2. The summed E-state index contributed by atoms with van der Waals surface area (Å²) in [6, 6.07) is 11.4. The Kier molecular flexibility index (Phi) is 7.71. The van der Waals surface area contributed by atoms with Crippen LogP contribution in [0.25, 0.3) is 11.4 Å². The monoisotopic (exact) mass is 476 g/mol. The maximum atomic E-state index is 12.6. The van der Waals surface area contributed by atoms with Gasteiger partial charge in [0.05, 0.1) is 11.1 Å². The SMILES string of the molecule is CC(=O)NCCNc1cc(NCCNC(=O)c2coc3c2C(=O)CCC3)nc(-c2ccccc2)n1. The largest absolute Gasteiger partial charge is 0.468 e. The van der Waals surface area contributed by atoms with Gasteiger partial charge in [0.1, 0.15) is 23.7 Å². The van der Waals surface area contributed by atoms with Crippen molar-refractivity contribution in [1.29, 1.82) is 0 Å². The number of fused-ring (bicyclic) bond motifs is 1. The summed E-state index contributed by atoms with van der Waals surface area (Å²) in [6.45, 7) is 3.18. The van der Waals surface area contributed by atoms with E-state index in [1.807, 2.05) is 30.3 Å². The zero-order chi connectivity index (χ0) is 24.6. The molecule has 3 aromatic rings. The molecule has 2 heterocycles. The molecule has 10 heteroatoms. The minimum absolute atomic E-state index is 0.0452. The Morgan fingerprint density at radius 2 is 1.63 bits per heavy atom. The molecule has 1 aliphatic carbocycles. The zero-order valence-corrected chi connectivity index (χ0v) is 19.5. The minimum Gasteiger partial charge on any atom is -0.468 e. The van der Waals surface area contributed by atoms with E-state index >= 15 is 0 Å². The van der Waals surface area contributed by atoms with E-state index in [-0.39, 0.29) is 17.6 Å². The Bertz CT molecular complexity index is 1210. The van der Waals surface area contributed by atoms with Crippen molar-refractivity contribution in [3.05, 3.63) is 59.5 Å². The van der Waals surface area contributed by atoms with Crippen LogP contribution in [0.1, 0.15) is 46.2 Å². The van der Waals surface area contributed by atoms with Crippen molar-refractivity contribution < 1.29 is 18.8 Å². The van der Waals surface area contributed by atoms with E-state index in [4.69, 9.17) is 4.42 Å². The van der Waals surface area contributed by atoms with Gasteiger partial charge in [-0.25, -0.2) is 9.97 Å². The molecule has 0 aliphatic heterocycles. The molecular weight excluding hydrogens is 448 g/mol. The standard InChI is InChI=1S/C25H28N6O4/c1-16(32)26-10-11-27-21-14-22(31-24(30-21)17-6-3-2-4-7-17)28-12-13-29-25(34)18-15-35-20-9-5-8-19(33)23(18)20/h2-4,6-7,14-15H,5,8-13H2,1H3,(H,26,32)(H,29,34)(H2,27,28,30,31). The molecule has 1 aliphatic rings. The number of ketones is 1. The summed E-state index contributed by atoms with van der Waals surface area (Å²) in [5, 5.41) is 12.0. The third-order valence-corrected chi connectivity index (χ3v) is 5.48. The maximum Gasteiger partial charge on any atom is 0.255 e. The number of amides is 2. The first kappa shape index (κ1) is 23.9. The van der Waals surface area contributed by atoms with E-state index in [0.29, 0.717) is 73.4 Å². The summed E-state index contributed by atoms with van der Waals surface area (Å²) in [5.41, 5.74) is 1.58. The fourth-order valence-electron chi connectivity index (χ4n) is 3.82. The Labute approximate surface area is 202 Å². The highest BCUT2D eigenvalue weighted by atomic mass is 16.3. The lowest BCUT2D eigenvalue weighted by Gasteiger charge is -2.13. The lowest BCUT2D eigenvalue weighted by Crippen LogP contribution is -2.30. The summed E-state index contributed by atoms with van der Waals surface area (Å²) in [4.78, 5) is 45.0. The lowest BCUT2D eigenvalue weighted by molar-refractivity contribution is -0.118. The van der Waals surface area contributed by atoms with Crippen LogP contribution in [0.2, 0.25) is 0 Å². The Morgan fingerprint density at radius 3 is 2.31 bits per heavy atom. The van der Waals surface area contributed by atoms with Crippen LogP contribution in [-0.4, -0.2) is 53.7 Å². The van der Waals surface area contributed by atoms with Crippen LogP contribution in [0.5, 0.6) is 0 Å². The van der Waals surface area contributed by atoms with E-state index in [0.717, 1.165) is 12.0 Å². The van der Waals surface area contributed by atoms with E-state index in [1.165, 1.54) is 13.2 Å². The Morgan fingerprint density at radius 1 is 0.943 bits per heavy atom. The predicted molar refractivity (Wildman–Crippen MR) is 131 cm³/mol. The molecule has 0 unspecified atom stereocenters. The highest BCUT2D eigenvalue weighted by Gasteiger charge is 2.27. The number of benzene rings is 1. The normalized spacial score (nSPS) is 12.5. The van der Waals surface area contributed by atoms with Crippen molar-refractivity contribution in [1.82, 2.24) is 20.6 Å². The Balaban J connectivity index is 1.37. The molecule has 0 fully saturated rings. The van der Waals surface area contributed by atoms with Gasteiger partial charge in [-0.3, -0.25) is 14.4 Å². The molecule has 0 spiro atoms. The fraction of sp³-hybridized carbons (Fsp3) is 0.320. The van der Waals surface area contributed by atoms with Crippen molar-refractivity contribution >= 4 is 29.2 Å². The lowest BCUT2D eigenvalue weighted by atomic mass is 9.94. The molecule has 1 aromatic carbocycles. The third-order valence-electron chi connectivity index (χ3n) is 5.48. The van der Waals surface area contributed by atoms with Crippen LogP contribution in [0.3, 0.4) is 0 Å². The zero-order valence-electron chi connectivity index (χ0n) is 19.5. The fourth-order valence-corrected chi connectivity index (χ4v) is 3.82. The van der Waals surface area contributed by atoms with Crippen LogP contribution in [-0.2, 0) is 11.2 Å². The number of hydrogen-bond acceptors (Lipinski definition) is 8. The summed E-state index contributed by atoms with van der Waals surface area (Å²) < 4.78 is 5.43. The third kappa shape index (κ3) is 6.23. The number of furan rings is 1. The molecule has 0 radical (unpaired) electrons. The number of rotatable bonds is 10. The van der Waals surface area contributed by atoms with Gasteiger partial charge in [0.15, 0.2) is 11.6 Å². The number of nitrogens with one attached hydrogen (secondary N) is 4. The second kappa shape index (κ2) is 11.3. The molecule has 0 bridgehead atoms. The molecule has 0 saturated heterocycles. The number of carbonyl (C=O) groups excluding carboxylic acids is 3. The summed E-state index contributed by atoms with van der Waals surface area (Å²) >= 11 is 0. The van der Waals surface area contributed by atoms with E-state index < -0.39 is 0 Å². The predicted octanol–water partition coefficient (Wildman–Crippen LogP) is 2.65. The molecule has 0 saturated carbocycles. The van der Waals surface area contributed by atoms with E-state index in [9.17, 15) is 14.4 Å². The quantitative estimate of drug-likeness (QED) is 0.328.